The minimum absolute atomic E-state index is 0.760. The topological polar surface area (TPSA) is 30.0 Å². The van der Waals surface area contributed by atoms with E-state index in [2.05, 4.69) is 4.98 Å². The number of aromatic nitrogens is 1. The number of rotatable bonds is 3. The minimum atomic E-state index is 0.760. The number of nitrogens with zero attached hydrogens (tertiary/aromatic N) is 1. The molecule has 2 nitrogen and oxygen atoms in total. The van der Waals surface area contributed by atoms with Crippen LogP contribution in [0.3, 0.4) is 0 Å². The van der Waals surface area contributed by atoms with Gasteiger partial charge in [0.2, 0.25) is 0 Å². The summed E-state index contributed by atoms with van der Waals surface area (Å²) in [6.07, 6.45) is 10.5. The van der Waals surface area contributed by atoms with Gasteiger partial charge in [-0.2, -0.15) is 0 Å². The molecule has 14 heavy (non-hydrogen) atoms. The molecular formula is C11H15NOS. The van der Waals surface area contributed by atoms with Gasteiger partial charge >= 0.3 is 0 Å². The van der Waals surface area contributed by atoms with E-state index in [1.165, 1.54) is 32.1 Å². The van der Waals surface area contributed by atoms with Crippen LogP contribution in [-0.2, 0) is 6.42 Å². The number of thiazole rings is 1. The molecule has 1 aromatic heterocycles. The summed E-state index contributed by atoms with van der Waals surface area (Å²) >= 11 is 1.55. The normalized spacial score (nSPS) is 18.3. The van der Waals surface area contributed by atoms with Crippen LogP contribution >= 0.6 is 11.3 Å². The van der Waals surface area contributed by atoms with Gasteiger partial charge in [0.25, 0.3) is 0 Å². The van der Waals surface area contributed by atoms with Crippen molar-refractivity contribution in [3.63, 3.8) is 0 Å². The maximum Gasteiger partial charge on any atom is 0.161 e. The van der Waals surface area contributed by atoms with E-state index in [-0.39, 0.29) is 0 Å². The van der Waals surface area contributed by atoms with E-state index in [9.17, 15) is 4.79 Å². The second-order valence-corrected chi connectivity index (χ2v) is 5.13. The van der Waals surface area contributed by atoms with E-state index in [0.29, 0.717) is 0 Å². The molecule has 1 fully saturated rings. The average Bonchev–Trinajstić information content (AvgIpc) is 2.67. The number of hydrogen-bond acceptors (Lipinski definition) is 3. The highest BCUT2D eigenvalue weighted by atomic mass is 32.1. The fraction of sp³-hybridized carbons (Fsp3) is 0.636. The van der Waals surface area contributed by atoms with Crippen LogP contribution in [0.15, 0.2) is 6.20 Å². The van der Waals surface area contributed by atoms with Crippen LogP contribution in [0.5, 0.6) is 0 Å². The lowest BCUT2D eigenvalue weighted by Gasteiger charge is -2.20. The van der Waals surface area contributed by atoms with Crippen molar-refractivity contribution in [2.45, 2.75) is 38.5 Å². The zero-order valence-electron chi connectivity index (χ0n) is 8.24. The molecule has 0 N–H and O–H groups in total. The van der Waals surface area contributed by atoms with Gasteiger partial charge in [0.15, 0.2) is 6.29 Å². The van der Waals surface area contributed by atoms with Crippen molar-refractivity contribution in [1.82, 2.24) is 4.98 Å². The summed E-state index contributed by atoms with van der Waals surface area (Å²) in [4.78, 5) is 15.5. The molecule has 3 heteroatoms. The van der Waals surface area contributed by atoms with Gasteiger partial charge in [-0.25, -0.2) is 4.98 Å². The predicted molar refractivity (Wildman–Crippen MR) is 57.8 cm³/mol. The van der Waals surface area contributed by atoms with Crippen LogP contribution in [0.2, 0.25) is 0 Å². The molecule has 1 saturated carbocycles. The Hall–Kier alpha value is -0.700. The Balaban J connectivity index is 1.92. The molecule has 1 heterocycles. The second kappa shape index (κ2) is 4.69. The molecule has 1 aliphatic carbocycles. The number of carbonyl (C=O) groups excluding carboxylic acids is 1. The molecular weight excluding hydrogens is 194 g/mol. The van der Waals surface area contributed by atoms with E-state index in [0.717, 1.165) is 28.5 Å². The highest BCUT2D eigenvalue weighted by Crippen LogP contribution is 2.27. The molecule has 0 atom stereocenters. The fourth-order valence-electron chi connectivity index (χ4n) is 2.11. The highest BCUT2D eigenvalue weighted by molar-refractivity contribution is 7.13. The smallest absolute Gasteiger partial charge is 0.161 e. The molecule has 0 saturated heterocycles. The summed E-state index contributed by atoms with van der Waals surface area (Å²) in [5.74, 6) is 0.814. The SMILES string of the molecule is O=Cc1cnc(CC2CCCCC2)s1. The Labute approximate surface area is 88.4 Å². The molecule has 0 unspecified atom stereocenters. The summed E-state index contributed by atoms with van der Waals surface area (Å²) < 4.78 is 0. The molecule has 2 rings (SSSR count). The van der Waals surface area contributed by atoms with Crippen LogP contribution < -0.4 is 0 Å². The molecule has 76 valence electrons. The lowest BCUT2D eigenvalue weighted by Crippen LogP contribution is -2.08. The van der Waals surface area contributed by atoms with Crippen LogP contribution in [0, 0.1) is 5.92 Å². The van der Waals surface area contributed by atoms with Gasteiger partial charge in [0, 0.05) is 12.6 Å². The number of hydrogen-bond donors (Lipinski definition) is 0. The molecule has 0 aromatic carbocycles. The zero-order chi connectivity index (χ0) is 9.80. The van der Waals surface area contributed by atoms with E-state index in [1.807, 2.05) is 0 Å². The Bertz CT molecular complexity index is 302. The highest BCUT2D eigenvalue weighted by Gasteiger charge is 2.15. The van der Waals surface area contributed by atoms with E-state index < -0.39 is 0 Å². The van der Waals surface area contributed by atoms with Gasteiger partial charge in [-0.1, -0.05) is 32.1 Å². The number of aldehydes is 1. The zero-order valence-corrected chi connectivity index (χ0v) is 9.05. The fourth-order valence-corrected chi connectivity index (χ4v) is 2.96. The third-order valence-electron chi connectivity index (χ3n) is 2.88. The number of carbonyl (C=O) groups is 1. The molecule has 0 radical (unpaired) electrons. The van der Waals surface area contributed by atoms with Gasteiger partial charge in [-0.05, 0) is 5.92 Å². The average molecular weight is 209 g/mol. The molecule has 1 aliphatic rings. The summed E-state index contributed by atoms with van der Waals surface area (Å²) in [6, 6.07) is 0. The Morgan fingerprint density at radius 3 is 2.86 bits per heavy atom. The van der Waals surface area contributed by atoms with Crippen molar-refractivity contribution in [3.05, 3.63) is 16.1 Å². The monoisotopic (exact) mass is 209 g/mol. The first-order chi connectivity index (χ1) is 6.88. The quantitative estimate of drug-likeness (QED) is 0.716. The van der Waals surface area contributed by atoms with Crippen molar-refractivity contribution < 1.29 is 4.79 Å². The first-order valence-electron chi connectivity index (χ1n) is 5.28. The van der Waals surface area contributed by atoms with Crippen molar-refractivity contribution in [1.29, 1.82) is 0 Å². The third-order valence-corrected chi connectivity index (χ3v) is 3.82. The first kappa shape index (κ1) is 9.84. The molecule has 1 aromatic rings. The van der Waals surface area contributed by atoms with Crippen molar-refractivity contribution in [2.24, 2.45) is 5.92 Å². The van der Waals surface area contributed by atoms with Gasteiger partial charge in [-0.15, -0.1) is 11.3 Å². The van der Waals surface area contributed by atoms with Gasteiger partial charge in [0.05, 0.1) is 9.88 Å². The summed E-state index contributed by atoms with van der Waals surface area (Å²) in [6.45, 7) is 0. The Kier molecular flexibility index (Phi) is 3.30. The van der Waals surface area contributed by atoms with E-state index >= 15 is 0 Å². The van der Waals surface area contributed by atoms with Crippen molar-refractivity contribution in [3.8, 4) is 0 Å². The van der Waals surface area contributed by atoms with Gasteiger partial charge in [-0.3, -0.25) is 4.79 Å². The lowest BCUT2D eigenvalue weighted by molar-refractivity contribution is 0.112. The molecule has 0 aliphatic heterocycles. The van der Waals surface area contributed by atoms with Gasteiger partial charge < -0.3 is 0 Å². The summed E-state index contributed by atoms with van der Waals surface area (Å²) in [5.41, 5.74) is 0. The van der Waals surface area contributed by atoms with Crippen molar-refractivity contribution in [2.75, 3.05) is 0 Å². The van der Waals surface area contributed by atoms with Crippen LogP contribution in [-0.4, -0.2) is 11.3 Å². The van der Waals surface area contributed by atoms with E-state index in [1.54, 1.807) is 17.5 Å². The standard InChI is InChI=1S/C11H15NOS/c13-8-10-7-12-11(14-10)6-9-4-2-1-3-5-9/h7-9H,1-6H2. The van der Waals surface area contributed by atoms with E-state index in [4.69, 9.17) is 0 Å². The van der Waals surface area contributed by atoms with Gasteiger partial charge in [0.1, 0.15) is 0 Å². The third kappa shape index (κ3) is 2.41. The maximum atomic E-state index is 10.5. The summed E-state index contributed by atoms with van der Waals surface area (Å²) in [7, 11) is 0. The largest absolute Gasteiger partial charge is 0.297 e. The maximum absolute atomic E-state index is 10.5. The van der Waals surface area contributed by atoms with Crippen LogP contribution in [0.1, 0.15) is 46.8 Å². The Morgan fingerprint density at radius 1 is 1.43 bits per heavy atom. The Morgan fingerprint density at radius 2 is 2.21 bits per heavy atom. The van der Waals surface area contributed by atoms with Crippen molar-refractivity contribution >= 4 is 17.6 Å². The molecule has 0 amide bonds. The minimum Gasteiger partial charge on any atom is -0.297 e. The lowest BCUT2D eigenvalue weighted by atomic mass is 9.87. The molecule has 0 bridgehead atoms. The first-order valence-corrected chi connectivity index (χ1v) is 6.10. The van der Waals surface area contributed by atoms with Crippen LogP contribution in [0.4, 0.5) is 0 Å². The van der Waals surface area contributed by atoms with Crippen LogP contribution in [0.25, 0.3) is 0 Å². The molecule has 0 spiro atoms. The predicted octanol–water partition coefficient (Wildman–Crippen LogP) is 3.08. The second-order valence-electron chi connectivity index (χ2n) is 3.98. The summed E-state index contributed by atoms with van der Waals surface area (Å²) in [5, 5.41) is 1.14.